The Hall–Kier alpha value is -12.6. The first-order valence-corrected chi connectivity index (χ1v) is 49.7. The number of nitrogens with zero attached hydrogens (tertiary/aromatic N) is 1. The maximum Gasteiger partial charge on any atom is 0.408 e. The third-order valence-electron chi connectivity index (χ3n) is 22.3. The standard InChI is InChI=1S/C95H123N17O17S4/c1-6-128-71-42-40-67(41-43-71)56-76(103-82(114)58-95(48-20-11-21-49-95)131-61-70-31-18-10-19-32-70)86(117)105-77(55-66-25-12-7-13-26-66)88(119)109-83(63(2)3)90(121)106-78(57-81(96)113)87(118)107-79(62-130-60-69-29-16-9-17-30-69)91(122)112-54-24-35-80(112)89(120)104-74(33-22-50-101-92(97)110-132(124,125)72-44-36-64(4)37-45-72)84(115)99-52-53-100-85(116)75(108-94(123)129-59-68-27-14-8-15-28-68)34-23-51-102-93(98)111-133(126,127)73-46-38-65(5)39-47-73/h7-10,12-19,25-32,36-47,63,74-80,83H,6,11,20-24,33-35,48-62H2,1-5H3,(H2,96,113)(H,99,115)(H,100,116)(H,103,114)(H,104,120)(H,105,117)(H,106,121)(H,107,118)(H,108,123)(H,109,119)(H3,97,101,110)(H3,98,102,111)/t74-,75-,76+,77-,78-,79-,80-,83-/m0/s1. The lowest BCUT2D eigenvalue weighted by atomic mass is 9.85. The van der Waals surface area contributed by atoms with Crippen molar-refractivity contribution < 1.29 is 79.0 Å². The third kappa shape index (κ3) is 34.8. The minimum Gasteiger partial charge on any atom is -0.494 e. The van der Waals surface area contributed by atoms with Crippen LogP contribution in [-0.4, -0.2) is 197 Å². The van der Waals surface area contributed by atoms with Gasteiger partial charge in [0.25, 0.3) is 20.0 Å². The molecule has 0 spiro atoms. The highest BCUT2D eigenvalue weighted by Crippen LogP contribution is 2.44. The van der Waals surface area contributed by atoms with Crippen LogP contribution in [0.1, 0.15) is 143 Å². The Morgan fingerprint density at radius 1 is 0.489 bits per heavy atom. The van der Waals surface area contributed by atoms with Crippen molar-refractivity contribution in [2.75, 3.05) is 45.1 Å². The van der Waals surface area contributed by atoms with Crippen LogP contribution in [0.3, 0.4) is 0 Å². The number of hydrogen-bond donors (Lipinski definition) is 16. The highest BCUT2D eigenvalue weighted by molar-refractivity contribution is 8.00. The summed E-state index contributed by atoms with van der Waals surface area (Å²) in [6.45, 7) is 8.26. The van der Waals surface area contributed by atoms with Crippen LogP contribution in [-0.2, 0) is 104 Å². The summed E-state index contributed by atoms with van der Waals surface area (Å²) in [5.41, 5.74) is 11.4. The molecule has 8 atom stereocenters. The number of alkyl carbamates (subject to hydrolysis) is 1. The molecule has 0 unspecified atom stereocenters. The van der Waals surface area contributed by atoms with Crippen molar-refractivity contribution in [2.45, 2.75) is 212 Å². The Balaban J connectivity index is 0.893. The zero-order valence-electron chi connectivity index (χ0n) is 75.4. The molecule has 38 heteroatoms. The number of aryl methyl sites for hydroxylation is 2. The molecule has 9 rings (SSSR count). The number of carbonyl (C=O) groups is 11. The van der Waals surface area contributed by atoms with Crippen LogP contribution < -0.4 is 78.4 Å². The van der Waals surface area contributed by atoms with Crippen molar-refractivity contribution in [3.63, 3.8) is 0 Å². The number of guanidine groups is 2. The van der Waals surface area contributed by atoms with Gasteiger partial charge in [-0.2, -0.15) is 11.8 Å². The highest BCUT2D eigenvalue weighted by Gasteiger charge is 2.42. The van der Waals surface area contributed by atoms with E-state index in [1.165, 1.54) is 40.9 Å². The van der Waals surface area contributed by atoms with Crippen molar-refractivity contribution in [2.24, 2.45) is 11.7 Å². The quantitative estimate of drug-likeness (QED) is 0.0104. The van der Waals surface area contributed by atoms with Gasteiger partial charge >= 0.3 is 6.09 Å². The Morgan fingerprint density at radius 3 is 1.47 bits per heavy atom. The monoisotopic (exact) mass is 1900 g/mol. The summed E-state index contributed by atoms with van der Waals surface area (Å²) in [5.74, 6) is -8.34. The first kappa shape index (κ1) is 104. The predicted octanol–water partition coefficient (Wildman–Crippen LogP) is 6.97. The van der Waals surface area contributed by atoms with Crippen molar-refractivity contribution in [3.8, 4) is 5.75 Å². The molecular formula is C95H123N17O17S4. The van der Waals surface area contributed by atoms with Crippen LogP contribution in [0.4, 0.5) is 4.79 Å². The second-order valence-electron chi connectivity index (χ2n) is 33.2. The summed E-state index contributed by atoms with van der Waals surface area (Å²) >= 11 is 2.99. The third-order valence-corrected chi connectivity index (χ3v) is 27.7. The highest BCUT2D eigenvalue weighted by atomic mass is 32.2. The lowest BCUT2D eigenvalue weighted by Gasteiger charge is -2.37. The first-order valence-electron chi connectivity index (χ1n) is 44.6. The molecule has 133 heavy (non-hydrogen) atoms. The predicted molar refractivity (Wildman–Crippen MR) is 510 cm³/mol. The summed E-state index contributed by atoms with van der Waals surface area (Å²) < 4.78 is 67.5. The Morgan fingerprint density at radius 2 is 0.955 bits per heavy atom. The van der Waals surface area contributed by atoms with Gasteiger partial charge in [-0.05, 0) is 142 Å². The number of hydrogen-bond acceptors (Lipinski definition) is 21. The van der Waals surface area contributed by atoms with E-state index in [1.54, 1.807) is 149 Å². The molecule has 11 amide bonds. The van der Waals surface area contributed by atoms with Crippen LogP contribution in [0.25, 0.3) is 0 Å². The van der Waals surface area contributed by atoms with Crippen LogP contribution >= 0.6 is 23.5 Å². The number of carbonyl (C=O) groups excluding carboxylic acids is 11. The van der Waals surface area contributed by atoms with Crippen molar-refractivity contribution in [1.29, 1.82) is 10.8 Å². The molecule has 0 radical (unpaired) electrons. The number of amides is 11. The number of nitrogens with two attached hydrogens (primary N) is 1. The zero-order valence-corrected chi connectivity index (χ0v) is 78.7. The van der Waals surface area contributed by atoms with E-state index in [-0.39, 0.29) is 119 Å². The molecule has 1 aliphatic heterocycles. The molecule has 1 aliphatic carbocycles. The summed E-state index contributed by atoms with van der Waals surface area (Å²) in [6.07, 6.45) is 3.05. The van der Waals surface area contributed by atoms with Gasteiger partial charge in [0.1, 0.15) is 60.7 Å². The van der Waals surface area contributed by atoms with Gasteiger partial charge in [-0.1, -0.05) is 202 Å². The van der Waals surface area contributed by atoms with Gasteiger partial charge in [0, 0.05) is 74.0 Å². The fourth-order valence-electron chi connectivity index (χ4n) is 15.1. The summed E-state index contributed by atoms with van der Waals surface area (Å²) in [4.78, 5) is 161. The largest absolute Gasteiger partial charge is 0.494 e. The van der Waals surface area contributed by atoms with Crippen molar-refractivity contribution in [1.82, 2.24) is 72.8 Å². The number of rotatable bonds is 50. The van der Waals surface area contributed by atoms with Gasteiger partial charge in [-0.25, -0.2) is 31.1 Å². The number of nitrogens with one attached hydrogen (secondary N) is 15. The van der Waals surface area contributed by atoms with Crippen LogP contribution in [0.2, 0.25) is 0 Å². The molecule has 2 fully saturated rings. The molecule has 0 aromatic heterocycles. The molecule has 7 aromatic rings. The molecule has 1 saturated heterocycles. The van der Waals surface area contributed by atoms with E-state index < -0.39 is 157 Å². The van der Waals surface area contributed by atoms with Gasteiger partial charge < -0.3 is 78.6 Å². The minimum atomic E-state index is -4.21. The number of thioether (sulfide) groups is 2. The number of benzene rings is 7. The first-order chi connectivity index (χ1) is 63.7. The van der Waals surface area contributed by atoms with E-state index >= 15 is 19.2 Å². The number of ether oxygens (including phenoxy) is 2. The minimum absolute atomic E-state index is 0.0106. The molecule has 1 saturated carbocycles. The normalized spacial score (nSPS) is 15.1. The Kier molecular flexibility index (Phi) is 41.2. The molecule has 34 nitrogen and oxygen atoms in total. The molecule has 7 aromatic carbocycles. The van der Waals surface area contributed by atoms with Crippen LogP contribution in [0, 0.1) is 30.6 Å². The summed E-state index contributed by atoms with van der Waals surface area (Å²) in [6, 6.07) is 44.6. The molecular weight excluding hydrogens is 1780 g/mol. The van der Waals surface area contributed by atoms with E-state index in [0.717, 1.165) is 54.4 Å². The number of likely N-dealkylation sites (tertiary alicyclic amines) is 1. The summed E-state index contributed by atoms with van der Waals surface area (Å²) in [7, 11) is -8.34. The maximum atomic E-state index is 15.4. The zero-order chi connectivity index (χ0) is 95.9. The number of sulfonamides is 2. The average molecular weight is 1900 g/mol. The fraction of sp³-hybridized carbons (Fsp3) is 0.421. The molecule has 2 aliphatic rings. The Bertz CT molecular complexity index is 5290. The molecule has 0 bridgehead atoms. The van der Waals surface area contributed by atoms with Gasteiger partial charge in [-0.15, -0.1) is 11.8 Å². The Labute approximate surface area is 785 Å². The van der Waals surface area contributed by atoms with E-state index in [9.17, 15) is 50.4 Å². The second-order valence-corrected chi connectivity index (χ2v) is 39.0. The van der Waals surface area contributed by atoms with E-state index in [1.807, 2.05) is 55.5 Å². The SMILES string of the molecule is CCOc1ccc(C[C@@H](NC(=O)CC2(SCc3ccccc3)CCCCC2)C(=O)N[C@@H](Cc2ccccc2)C(=O)N[C@H](C(=O)N[C@@H](CC(N)=O)C(=O)N[C@@H](CSCc2ccccc2)C(=O)N2CCC[C@H]2C(=O)N[C@@H](CCCNC(=N)NS(=O)(=O)c2ccc(C)cc2)C(=O)NCCNC(=O)[C@H](CCCNC(=N)NS(=O)(=O)c2ccc(C)cc2)NC(=O)OCc2ccccc2)C(C)C)cc1. The average Bonchev–Trinajstić information content (AvgIpc) is 1.81. The van der Waals surface area contributed by atoms with Gasteiger partial charge in [-0.3, -0.25) is 58.8 Å². The second kappa shape index (κ2) is 52.6. The van der Waals surface area contributed by atoms with Gasteiger partial charge in [0.15, 0.2) is 0 Å². The van der Waals surface area contributed by atoms with E-state index in [4.69, 9.17) is 26.0 Å². The van der Waals surface area contributed by atoms with Crippen molar-refractivity contribution >= 4 is 121 Å². The van der Waals surface area contributed by atoms with Crippen LogP contribution in [0.5, 0.6) is 5.75 Å². The fourth-order valence-corrected chi connectivity index (χ4v) is 19.5. The van der Waals surface area contributed by atoms with E-state index in [2.05, 4.69) is 80.1 Å². The smallest absolute Gasteiger partial charge is 0.408 e. The molecule has 17 N–H and O–H groups in total. The summed E-state index contributed by atoms with van der Waals surface area (Å²) in [5, 5.41) is 46.9. The van der Waals surface area contributed by atoms with E-state index in [0.29, 0.717) is 40.6 Å². The van der Waals surface area contributed by atoms with Gasteiger partial charge in [0.05, 0.1) is 22.8 Å². The lowest BCUT2D eigenvalue weighted by Crippen LogP contribution is -2.61. The van der Waals surface area contributed by atoms with Crippen LogP contribution in [0.15, 0.2) is 204 Å². The topological polar surface area (TPSA) is 508 Å². The number of primary amides is 1. The lowest BCUT2D eigenvalue weighted by molar-refractivity contribution is -0.142. The van der Waals surface area contributed by atoms with Crippen molar-refractivity contribution in [3.05, 3.63) is 233 Å². The molecule has 1 heterocycles. The maximum absolute atomic E-state index is 15.4. The van der Waals surface area contributed by atoms with Gasteiger partial charge in [0.2, 0.25) is 71.0 Å². The molecule has 714 valence electrons.